The minimum atomic E-state index is -4.20. The van der Waals surface area contributed by atoms with Gasteiger partial charge in [-0.3, -0.25) is 0 Å². The van der Waals surface area contributed by atoms with Crippen molar-refractivity contribution in [2.45, 2.75) is 19.0 Å². The summed E-state index contributed by atoms with van der Waals surface area (Å²) < 4.78 is 37.8. The van der Waals surface area contributed by atoms with Crippen LogP contribution in [0.5, 0.6) is 0 Å². The fourth-order valence-electron chi connectivity index (χ4n) is 1.44. The van der Waals surface area contributed by atoms with Gasteiger partial charge in [-0.1, -0.05) is 22.0 Å². The number of anilines is 1. The van der Waals surface area contributed by atoms with Crippen molar-refractivity contribution in [3.05, 3.63) is 28.2 Å². The van der Waals surface area contributed by atoms with E-state index in [4.69, 9.17) is 11.6 Å². The van der Waals surface area contributed by atoms with Gasteiger partial charge in [0.2, 0.25) is 0 Å². The maximum Gasteiger partial charge on any atom is 0.405 e. The van der Waals surface area contributed by atoms with E-state index in [0.29, 0.717) is 18.1 Å². The van der Waals surface area contributed by atoms with Crippen molar-refractivity contribution in [2.24, 2.45) is 0 Å². The number of alkyl halides is 4. The third-order valence-electron chi connectivity index (χ3n) is 2.30. The third-order valence-corrected chi connectivity index (χ3v) is 3.32. The molecule has 17 heavy (non-hydrogen) atoms. The second kappa shape index (κ2) is 5.96. The Morgan fingerprint density at radius 1 is 1.35 bits per heavy atom. The lowest BCUT2D eigenvalue weighted by Gasteiger charge is -2.24. The summed E-state index contributed by atoms with van der Waals surface area (Å²) in [5, 5.41) is 0. The molecule has 0 heterocycles. The minimum Gasteiger partial charge on any atom is -0.363 e. The van der Waals surface area contributed by atoms with Gasteiger partial charge < -0.3 is 4.90 Å². The van der Waals surface area contributed by atoms with Crippen molar-refractivity contribution in [3.8, 4) is 0 Å². The molecular formula is C11H12BrClF3N. The Bertz CT molecular complexity index is 381. The second-order valence-corrected chi connectivity index (χ2v) is 4.66. The van der Waals surface area contributed by atoms with Gasteiger partial charge in [-0.15, -0.1) is 11.6 Å². The molecule has 1 rings (SSSR count). The average Bonchev–Trinajstić information content (AvgIpc) is 2.24. The summed E-state index contributed by atoms with van der Waals surface area (Å²) in [4.78, 5) is 1.27. The van der Waals surface area contributed by atoms with Crippen LogP contribution in [0.15, 0.2) is 22.7 Å². The first kappa shape index (κ1) is 14.6. The molecular weight excluding hydrogens is 318 g/mol. The van der Waals surface area contributed by atoms with Crippen LogP contribution in [0.25, 0.3) is 0 Å². The fourth-order valence-corrected chi connectivity index (χ4v) is 2.34. The van der Waals surface area contributed by atoms with E-state index in [0.717, 1.165) is 10.0 Å². The molecule has 0 aliphatic heterocycles. The van der Waals surface area contributed by atoms with Gasteiger partial charge in [0.25, 0.3) is 0 Å². The van der Waals surface area contributed by atoms with Gasteiger partial charge in [0.1, 0.15) is 6.54 Å². The number of hydrogen-bond donors (Lipinski definition) is 0. The molecule has 1 aromatic carbocycles. The molecule has 0 bridgehead atoms. The zero-order chi connectivity index (χ0) is 13.1. The van der Waals surface area contributed by atoms with Crippen LogP contribution in [0.4, 0.5) is 18.9 Å². The van der Waals surface area contributed by atoms with Gasteiger partial charge in [-0.25, -0.2) is 0 Å². The molecule has 96 valence electrons. The molecule has 0 aliphatic carbocycles. The van der Waals surface area contributed by atoms with Crippen LogP contribution in [0.2, 0.25) is 0 Å². The lowest BCUT2D eigenvalue weighted by atomic mass is 10.2. The first-order chi connectivity index (χ1) is 7.87. The fraction of sp³-hybridized carbons (Fsp3) is 0.455. The Balaban J connectivity index is 2.93. The van der Waals surface area contributed by atoms with Gasteiger partial charge in [-0.05, 0) is 24.6 Å². The van der Waals surface area contributed by atoms with Crippen molar-refractivity contribution >= 4 is 33.2 Å². The lowest BCUT2D eigenvalue weighted by Crippen LogP contribution is -2.34. The molecule has 6 heteroatoms. The summed E-state index contributed by atoms with van der Waals surface area (Å²) >= 11 is 8.97. The molecule has 1 aromatic rings. The highest BCUT2D eigenvalue weighted by atomic mass is 79.9. The third kappa shape index (κ3) is 4.39. The lowest BCUT2D eigenvalue weighted by molar-refractivity contribution is -0.119. The Kier molecular flexibility index (Phi) is 5.13. The monoisotopic (exact) mass is 329 g/mol. The summed E-state index contributed by atoms with van der Waals surface area (Å²) in [6.45, 7) is 1.04. The summed E-state index contributed by atoms with van der Waals surface area (Å²) in [6.07, 6.45) is -4.20. The number of nitrogens with zero attached hydrogens (tertiary/aromatic N) is 1. The number of rotatable bonds is 4. The molecule has 0 saturated heterocycles. The Labute approximate surface area is 112 Å². The molecule has 0 saturated carbocycles. The summed E-state index contributed by atoms with van der Waals surface area (Å²) in [5.74, 6) is 0.326. The van der Waals surface area contributed by atoms with Crippen molar-refractivity contribution < 1.29 is 13.2 Å². The smallest absolute Gasteiger partial charge is 0.363 e. The molecule has 0 aliphatic rings. The largest absolute Gasteiger partial charge is 0.405 e. The van der Waals surface area contributed by atoms with Crippen LogP contribution in [0.3, 0.4) is 0 Å². The second-order valence-electron chi connectivity index (χ2n) is 3.54. The van der Waals surface area contributed by atoms with Crippen molar-refractivity contribution in [2.75, 3.05) is 18.0 Å². The van der Waals surface area contributed by atoms with E-state index in [1.807, 2.05) is 0 Å². The van der Waals surface area contributed by atoms with Crippen LogP contribution in [0, 0.1) is 0 Å². The standard InChI is InChI=1S/C11H12BrClF3N/c1-2-17(7-11(14,15)16)9-4-3-8(6-13)10(12)5-9/h3-5H,2,6-7H2,1H3. The predicted molar refractivity (Wildman–Crippen MR) is 67.6 cm³/mol. The molecule has 1 nitrogen and oxygen atoms in total. The molecule has 0 N–H and O–H groups in total. The minimum absolute atomic E-state index is 0.298. The maximum atomic E-state index is 12.3. The van der Waals surface area contributed by atoms with Crippen LogP contribution in [-0.4, -0.2) is 19.3 Å². The Morgan fingerprint density at radius 3 is 2.41 bits per heavy atom. The maximum absolute atomic E-state index is 12.3. The van der Waals surface area contributed by atoms with E-state index >= 15 is 0 Å². The molecule has 0 atom stereocenters. The normalized spacial score (nSPS) is 11.6. The van der Waals surface area contributed by atoms with E-state index in [1.54, 1.807) is 25.1 Å². The molecule has 0 aromatic heterocycles. The highest BCUT2D eigenvalue weighted by Crippen LogP contribution is 2.27. The summed E-state index contributed by atoms with van der Waals surface area (Å²) in [5.41, 5.74) is 1.39. The van der Waals surface area contributed by atoms with Crippen molar-refractivity contribution in [1.29, 1.82) is 0 Å². The van der Waals surface area contributed by atoms with Crippen LogP contribution in [0.1, 0.15) is 12.5 Å². The molecule has 0 spiro atoms. The van der Waals surface area contributed by atoms with Crippen molar-refractivity contribution in [3.63, 3.8) is 0 Å². The van der Waals surface area contributed by atoms with E-state index < -0.39 is 12.7 Å². The Hall–Kier alpha value is -0.420. The zero-order valence-corrected chi connectivity index (χ0v) is 11.5. The van der Waals surface area contributed by atoms with Crippen LogP contribution >= 0.6 is 27.5 Å². The number of halogens is 5. The summed E-state index contributed by atoms with van der Waals surface area (Å²) in [7, 11) is 0. The SMILES string of the molecule is CCN(CC(F)(F)F)c1ccc(CCl)c(Br)c1. The van der Waals surface area contributed by atoms with E-state index in [1.165, 1.54) is 4.90 Å². The van der Waals surface area contributed by atoms with Gasteiger partial charge in [0, 0.05) is 22.6 Å². The van der Waals surface area contributed by atoms with Crippen LogP contribution in [-0.2, 0) is 5.88 Å². The average molecular weight is 331 g/mol. The van der Waals surface area contributed by atoms with Gasteiger partial charge in [0.05, 0.1) is 0 Å². The van der Waals surface area contributed by atoms with E-state index in [-0.39, 0.29) is 0 Å². The highest BCUT2D eigenvalue weighted by Gasteiger charge is 2.30. The Morgan fingerprint density at radius 2 is 2.00 bits per heavy atom. The summed E-state index contributed by atoms with van der Waals surface area (Å²) in [6, 6.07) is 5.04. The highest BCUT2D eigenvalue weighted by molar-refractivity contribution is 9.10. The predicted octanol–water partition coefficient (Wildman–Crippen LogP) is 4.58. The topological polar surface area (TPSA) is 3.24 Å². The van der Waals surface area contributed by atoms with E-state index in [9.17, 15) is 13.2 Å². The zero-order valence-electron chi connectivity index (χ0n) is 9.19. The number of benzene rings is 1. The first-order valence-electron chi connectivity index (χ1n) is 5.03. The molecule has 0 fully saturated rings. The van der Waals surface area contributed by atoms with Crippen molar-refractivity contribution in [1.82, 2.24) is 0 Å². The first-order valence-corrected chi connectivity index (χ1v) is 6.36. The van der Waals surface area contributed by atoms with Gasteiger partial charge in [0.15, 0.2) is 0 Å². The quantitative estimate of drug-likeness (QED) is 0.731. The van der Waals surface area contributed by atoms with Gasteiger partial charge >= 0.3 is 6.18 Å². The van der Waals surface area contributed by atoms with E-state index in [2.05, 4.69) is 15.9 Å². The molecule has 0 radical (unpaired) electrons. The van der Waals surface area contributed by atoms with Crippen LogP contribution < -0.4 is 4.90 Å². The molecule has 0 unspecified atom stereocenters. The molecule has 0 amide bonds. The van der Waals surface area contributed by atoms with Gasteiger partial charge in [-0.2, -0.15) is 13.2 Å². The number of hydrogen-bond acceptors (Lipinski definition) is 1.